The summed E-state index contributed by atoms with van der Waals surface area (Å²) in [4.78, 5) is 21.5. The number of benzene rings is 1. The molecule has 0 aliphatic rings. The maximum Gasteiger partial charge on any atom is 0.319 e. The van der Waals surface area contributed by atoms with Crippen LogP contribution in [0.3, 0.4) is 0 Å². The smallest absolute Gasteiger partial charge is 0.319 e. The number of hydrogen-bond donors (Lipinski definition) is 1. The fourth-order valence-electron chi connectivity index (χ4n) is 2.50. The first kappa shape index (κ1) is 17.9. The first-order valence-corrected chi connectivity index (χ1v) is 9.79. The van der Waals surface area contributed by atoms with Crippen LogP contribution in [0.4, 0.5) is 0 Å². The van der Waals surface area contributed by atoms with Crippen molar-refractivity contribution in [3.8, 4) is 11.1 Å². The van der Waals surface area contributed by atoms with E-state index in [1.165, 1.54) is 17.3 Å². The van der Waals surface area contributed by atoms with Gasteiger partial charge in [-0.15, -0.1) is 11.3 Å². The lowest BCUT2D eigenvalue weighted by molar-refractivity contribution is -0.138. The van der Waals surface area contributed by atoms with Gasteiger partial charge in [0, 0.05) is 10.9 Å². The molecule has 6 heteroatoms. The zero-order chi connectivity index (χ0) is 18.2. The van der Waals surface area contributed by atoms with Gasteiger partial charge in [-0.25, -0.2) is 9.97 Å². The Morgan fingerprint density at radius 3 is 2.52 bits per heavy atom. The van der Waals surface area contributed by atoms with Gasteiger partial charge in [0.15, 0.2) is 0 Å². The molecule has 2 heterocycles. The number of carbonyl (C=O) groups is 1. The van der Waals surface area contributed by atoms with E-state index < -0.39 is 10.7 Å². The number of rotatable bonds is 5. The van der Waals surface area contributed by atoms with Gasteiger partial charge in [0.2, 0.25) is 0 Å². The Bertz CT molecular complexity index is 930. The molecule has 0 saturated carbocycles. The summed E-state index contributed by atoms with van der Waals surface area (Å²) in [5.41, 5.74) is 3.45. The van der Waals surface area contributed by atoms with Crippen LogP contribution in [0.2, 0.25) is 0 Å². The van der Waals surface area contributed by atoms with Crippen molar-refractivity contribution in [3.05, 3.63) is 41.0 Å². The van der Waals surface area contributed by atoms with Gasteiger partial charge < -0.3 is 5.11 Å². The van der Waals surface area contributed by atoms with Crippen LogP contribution < -0.4 is 0 Å². The second kappa shape index (κ2) is 6.77. The fourth-order valence-corrected chi connectivity index (χ4v) is 4.62. The molecule has 1 N–H and O–H groups in total. The van der Waals surface area contributed by atoms with Gasteiger partial charge in [-0.1, -0.05) is 43.0 Å². The molecule has 2 aromatic heterocycles. The highest BCUT2D eigenvalue weighted by molar-refractivity contribution is 8.01. The fraction of sp³-hybridized carbons (Fsp3) is 0.316. The Labute approximate surface area is 155 Å². The highest BCUT2D eigenvalue weighted by atomic mass is 32.2. The number of aryl methyl sites for hydroxylation is 2. The van der Waals surface area contributed by atoms with E-state index in [-0.39, 0.29) is 0 Å². The van der Waals surface area contributed by atoms with E-state index in [2.05, 4.69) is 46.5 Å². The lowest BCUT2D eigenvalue weighted by Gasteiger charge is -2.18. The Balaban J connectivity index is 2.16. The van der Waals surface area contributed by atoms with E-state index in [4.69, 9.17) is 0 Å². The summed E-state index contributed by atoms with van der Waals surface area (Å²) in [5, 5.41) is 13.2. The number of thioether (sulfide) groups is 1. The lowest BCUT2D eigenvalue weighted by atomic mass is 10.0. The zero-order valence-corrected chi connectivity index (χ0v) is 16.3. The van der Waals surface area contributed by atoms with E-state index >= 15 is 0 Å². The number of thiophene rings is 1. The van der Waals surface area contributed by atoms with Crippen LogP contribution in [-0.2, 0) is 11.2 Å². The number of nitrogens with zero attached hydrogens (tertiary/aromatic N) is 2. The molecule has 0 amide bonds. The van der Waals surface area contributed by atoms with Crippen molar-refractivity contribution in [1.82, 2.24) is 9.97 Å². The van der Waals surface area contributed by atoms with Gasteiger partial charge in [0.25, 0.3) is 0 Å². The predicted molar refractivity (Wildman–Crippen MR) is 105 cm³/mol. The van der Waals surface area contributed by atoms with E-state index in [1.54, 1.807) is 25.2 Å². The summed E-state index contributed by atoms with van der Waals surface area (Å²) < 4.78 is -0.959. The second-order valence-electron chi connectivity index (χ2n) is 6.37. The van der Waals surface area contributed by atoms with Gasteiger partial charge in [-0.05, 0) is 38.3 Å². The third-order valence-corrected chi connectivity index (χ3v) is 6.10. The van der Waals surface area contributed by atoms with Crippen LogP contribution in [0.25, 0.3) is 21.3 Å². The third-order valence-electron chi connectivity index (χ3n) is 4.05. The molecule has 130 valence electrons. The quantitative estimate of drug-likeness (QED) is 0.493. The van der Waals surface area contributed by atoms with E-state index in [1.807, 2.05) is 6.92 Å². The Morgan fingerprint density at radius 1 is 1.24 bits per heavy atom. The van der Waals surface area contributed by atoms with Crippen LogP contribution in [0.5, 0.6) is 0 Å². The minimum absolute atomic E-state index is 0.658. The van der Waals surface area contributed by atoms with Crippen molar-refractivity contribution in [3.63, 3.8) is 0 Å². The van der Waals surface area contributed by atoms with Gasteiger partial charge >= 0.3 is 5.97 Å². The molecule has 3 rings (SSSR count). The molecule has 0 atom stereocenters. The normalized spacial score (nSPS) is 11.8. The second-order valence-corrected chi connectivity index (χ2v) is 8.84. The van der Waals surface area contributed by atoms with E-state index in [9.17, 15) is 9.90 Å². The van der Waals surface area contributed by atoms with Gasteiger partial charge in [0.05, 0.1) is 5.39 Å². The summed E-state index contributed by atoms with van der Waals surface area (Å²) in [6, 6.07) is 8.47. The average molecular weight is 373 g/mol. The van der Waals surface area contributed by atoms with Crippen molar-refractivity contribution in [2.75, 3.05) is 0 Å². The maximum atomic E-state index is 11.5. The van der Waals surface area contributed by atoms with Crippen molar-refractivity contribution >= 4 is 39.3 Å². The SMILES string of the molecule is CCc1ccc(-c2csc3nc(C)nc(SC(C)(C)C(=O)O)c23)cc1. The summed E-state index contributed by atoms with van der Waals surface area (Å²) >= 11 is 2.84. The Hall–Kier alpha value is -1.92. The number of fused-ring (bicyclic) bond motifs is 1. The molecular weight excluding hydrogens is 352 g/mol. The number of aliphatic carboxylic acids is 1. The van der Waals surface area contributed by atoms with Crippen LogP contribution >= 0.6 is 23.1 Å². The largest absolute Gasteiger partial charge is 0.480 e. The number of hydrogen-bond acceptors (Lipinski definition) is 5. The van der Waals surface area contributed by atoms with E-state index in [0.29, 0.717) is 5.82 Å². The topological polar surface area (TPSA) is 63.1 Å². The summed E-state index contributed by atoms with van der Waals surface area (Å²) in [5.74, 6) is -0.197. The first-order valence-electron chi connectivity index (χ1n) is 8.09. The number of carboxylic acid groups (broad SMARTS) is 1. The molecule has 25 heavy (non-hydrogen) atoms. The van der Waals surface area contributed by atoms with Crippen molar-refractivity contribution in [1.29, 1.82) is 0 Å². The molecule has 3 aromatic rings. The molecule has 0 unspecified atom stereocenters. The molecule has 0 saturated heterocycles. The zero-order valence-electron chi connectivity index (χ0n) is 14.7. The average Bonchev–Trinajstić information content (AvgIpc) is 2.98. The van der Waals surface area contributed by atoms with Crippen LogP contribution in [0, 0.1) is 6.92 Å². The monoisotopic (exact) mass is 372 g/mol. The maximum absolute atomic E-state index is 11.5. The minimum atomic E-state index is -0.959. The molecule has 4 nitrogen and oxygen atoms in total. The third kappa shape index (κ3) is 3.55. The Morgan fingerprint density at radius 2 is 1.92 bits per heavy atom. The number of carboxylic acids is 1. The van der Waals surface area contributed by atoms with Crippen molar-refractivity contribution in [2.45, 2.75) is 43.9 Å². The van der Waals surface area contributed by atoms with Crippen LogP contribution in [-0.4, -0.2) is 25.8 Å². The van der Waals surface area contributed by atoms with Crippen LogP contribution in [0.15, 0.2) is 34.7 Å². The summed E-state index contributed by atoms with van der Waals surface area (Å²) in [6.07, 6.45) is 1.00. The van der Waals surface area contributed by atoms with Crippen molar-refractivity contribution < 1.29 is 9.90 Å². The molecule has 0 bridgehead atoms. The van der Waals surface area contributed by atoms with Gasteiger partial charge in [-0.3, -0.25) is 4.79 Å². The molecule has 1 aromatic carbocycles. The molecule has 0 spiro atoms. The highest BCUT2D eigenvalue weighted by Crippen LogP contribution is 2.42. The number of aromatic nitrogens is 2. The minimum Gasteiger partial charge on any atom is -0.480 e. The lowest BCUT2D eigenvalue weighted by Crippen LogP contribution is -2.27. The standard InChI is InChI=1S/C19H20N2O2S2/c1-5-12-6-8-13(9-7-12)14-10-24-16-15(14)17(21-11(2)20-16)25-19(3,4)18(22)23/h6-10H,5H2,1-4H3,(H,22,23). The predicted octanol–water partition coefficient (Wildman–Crippen LogP) is 5.18. The highest BCUT2D eigenvalue weighted by Gasteiger charge is 2.31. The van der Waals surface area contributed by atoms with Gasteiger partial charge in [-0.2, -0.15) is 0 Å². The molecule has 0 fully saturated rings. The molecule has 0 aliphatic heterocycles. The molecular formula is C19H20N2O2S2. The molecule has 0 aliphatic carbocycles. The summed E-state index contributed by atoms with van der Waals surface area (Å²) in [7, 11) is 0. The van der Waals surface area contributed by atoms with E-state index in [0.717, 1.165) is 32.8 Å². The van der Waals surface area contributed by atoms with Gasteiger partial charge in [0.1, 0.15) is 20.4 Å². The molecule has 0 radical (unpaired) electrons. The van der Waals surface area contributed by atoms with Crippen LogP contribution in [0.1, 0.15) is 32.2 Å². The van der Waals surface area contributed by atoms with Crippen molar-refractivity contribution in [2.24, 2.45) is 0 Å². The first-order chi connectivity index (χ1) is 11.8. The summed E-state index contributed by atoms with van der Waals surface area (Å²) in [6.45, 7) is 7.37. The Kier molecular flexibility index (Phi) is 4.84.